The van der Waals surface area contributed by atoms with Crippen LogP contribution in [0.1, 0.15) is 11.1 Å². The first-order chi connectivity index (χ1) is 13.6. The first-order valence-electron chi connectivity index (χ1n) is 8.02. The van der Waals surface area contributed by atoms with Gasteiger partial charge in [0, 0.05) is 12.1 Å². The van der Waals surface area contributed by atoms with E-state index in [1.807, 2.05) is 12.1 Å². The Morgan fingerprint density at radius 2 is 1.93 bits per heavy atom. The number of nitrogens with zero attached hydrogens (tertiary/aromatic N) is 4. The average molecular weight is 398 g/mol. The molecule has 0 unspecified atom stereocenters. The molecule has 0 bridgehead atoms. The molecule has 3 aromatic rings. The van der Waals surface area contributed by atoms with E-state index in [0.29, 0.717) is 35.0 Å². The van der Waals surface area contributed by atoms with Crippen LogP contribution in [-0.2, 0) is 0 Å². The number of anilines is 1. The second-order valence-electron chi connectivity index (χ2n) is 5.20. The molecule has 1 aromatic heterocycles. The molecule has 0 aliphatic carbocycles. The zero-order chi connectivity index (χ0) is 20.4. The highest BCUT2D eigenvalue weighted by Crippen LogP contribution is 2.35. The summed E-state index contributed by atoms with van der Waals surface area (Å²) < 4.78 is 10.1. The quantitative estimate of drug-likeness (QED) is 0.671. The minimum atomic E-state index is 0.0147. The Balaban J connectivity index is 0.000000202. The Hall–Kier alpha value is -3.59. The Labute approximate surface area is 166 Å². The Morgan fingerprint density at radius 1 is 1.18 bits per heavy atom. The molecular weight excluding hydrogens is 382 g/mol. The monoisotopic (exact) mass is 397 g/mol. The number of aliphatic hydroxyl groups is 1. The number of ether oxygens (including phenoxy) is 1. The maximum atomic E-state index is 8.75. The molecule has 142 valence electrons. The van der Waals surface area contributed by atoms with Gasteiger partial charge in [0.25, 0.3) is 0 Å². The predicted molar refractivity (Wildman–Crippen MR) is 103 cm³/mol. The standard InChI is InChI=1S/C10H11ClN2O2.C9H5N3O/c1-15-10-8(13-4-5-14)3-2-7(6-12)9(10)11;10-5-7-1-3-8(4-2-7)9-12-11-6-13-9/h2-3,13-14H,4-5H2,1H3;1-4,6H. The third-order valence-electron chi connectivity index (χ3n) is 3.47. The third kappa shape index (κ3) is 5.21. The van der Waals surface area contributed by atoms with Gasteiger partial charge >= 0.3 is 0 Å². The number of hydrogen-bond donors (Lipinski definition) is 2. The summed E-state index contributed by atoms with van der Waals surface area (Å²) in [5, 5.41) is 36.5. The summed E-state index contributed by atoms with van der Waals surface area (Å²) in [4.78, 5) is 0. The Morgan fingerprint density at radius 3 is 2.46 bits per heavy atom. The van der Waals surface area contributed by atoms with Gasteiger partial charge in [0.15, 0.2) is 5.75 Å². The van der Waals surface area contributed by atoms with Crippen LogP contribution in [0.15, 0.2) is 47.2 Å². The SMILES string of the molecule is COc1c(NCCO)ccc(C#N)c1Cl.N#Cc1ccc(-c2nnco2)cc1. The van der Waals surface area contributed by atoms with Crippen molar-refractivity contribution in [1.82, 2.24) is 10.2 Å². The fourth-order valence-corrected chi connectivity index (χ4v) is 2.44. The number of aromatic nitrogens is 2. The van der Waals surface area contributed by atoms with E-state index in [4.69, 9.17) is 36.4 Å². The fourth-order valence-electron chi connectivity index (χ4n) is 2.16. The van der Waals surface area contributed by atoms with E-state index in [2.05, 4.69) is 15.5 Å². The molecule has 8 nitrogen and oxygen atoms in total. The van der Waals surface area contributed by atoms with E-state index in [1.165, 1.54) is 13.5 Å². The average Bonchev–Trinajstić information content (AvgIpc) is 3.28. The molecule has 1 heterocycles. The summed E-state index contributed by atoms with van der Waals surface area (Å²) in [7, 11) is 1.48. The number of halogens is 1. The molecule has 28 heavy (non-hydrogen) atoms. The van der Waals surface area contributed by atoms with E-state index in [9.17, 15) is 0 Å². The number of methoxy groups -OCH3 is 1. The summed E-state index contributed by atoms with van der Waals surface area (Å²) in [6.07, 6.45) is 1.27. The van der Waals surface area contributed by atoms with Crippen molar-refractivity contribution in [1.29, 1.82) is 10.5 Å². The highest BCUT2D eigenvalue weighted by molar-refractivity contribution is 6.33. The van der Waals surface area contributed by atoms with Gasteiger partial charge in [0.05, 0.1) is 36.6 Å². The lowest BCUT2D eigenvalue weighted by molar-refractivity contribution is 0.311. The van der Waals surface area contributed by atoms with E-state index in [1.54, 1.807) is 36.4 Å². The molecule has 0 aliphatic heterocycles. The highest BCUT2D eigenvalue weighted by atomic mass is 35.5. The first-order valence-corrected chi connectivity index (χ1v) is 8.40. The molecule has 0 amide bonds. The van der Waals surface area contributed by atoms with Crippen LogP contribution in [0.2, 0.25) is 5.02 Å². The molecular formula is C19H16ClN5O3. The molecule has 0 radical (unpaired) electrons. The van der Waals surface area contributed by atoms with Gasteiger partial charge in [0.1, 0.15) is 11.1 Å². The Bertz CT molecular complexity index is 977. The maximum Gasteiger partial charge on any atom is 0.247 e. The second-order valence-corrected chi connectivity index (χ2v) is 5.58. The third-order valence-corrected chi connectivity index (χ3v) is 3.85. The van der Waals surface area contributed by atoms with Crippen LogP contribution in [0.25, 0.3) is 11.5 Å². The number of aliphatic hydroxyl groups excluding tert-OH is 1. The van der Waals surface area contributed by atoms with Crippen molar-refractivity contribution >= 4 is 17.3 Å². The van der Waals surface area contributed by atoms with Crippen molar-refractivity contribution in [2.24, 2.45) is 0 Å². The van der Waals surface area contributed by atoms with Crippen LogP contribution in [0.5, 0.6) is 5.75 Å². The second kappa shape index (κ2) is 10.5. The molecule has 9 heteroatoms. The molecule has 0 saturated heterocycles. The van der Waals surface area contributed by atoms with E-state index >= 15 is 0 Å². The first kappa shape index (κ1) is 20.7. The molecule has 0 atom stereocenters. The van der Waals surface area contributed by atoms with Crippen LogP contribution >= 0.6 is 11.6 Å². The van der Waals surface area contributed by atoms with E-state index < -0.39 is 0 Å². The summed E-state index contributed by atoms with van der Waals surface area (Å²) in [6.45, 7) is 0.416. The van der Waals surface area contributed by atoms with Gasteiger partial charge in [-0.05, 0) is 36.4 Å². The van der Waals surface area contributed by atoms with Crippen molar-refractivity contribution in [3.05, 3.63) is 58.9 Å². The van der Waals surface area contributed by atoms with Crippen LogP contribution in [0, 0.1) is 22.7 Å². The molecule has 0 fully saturated rings. The minimum absolute atomic E-state index is 0.0147. The van der Waals surface area contributed by atoms with Gasteiger partial charge in [-0.2, -0.15) is 10.5 Å². The van der Waals surface area contributed by atoms with Crippen molar-refractivity contribution in [2.75, 3.05) is 25.6 Å². The van der Waals surface area contributed by atoms with Crippen LogP contribution < -0.4 is 10.1 Å². The highest BCUT2D eigenvalue weighted by Gasteiger charge is 2.11. The van der Waals surface area contributed by atoms with Gasteiger partial charge in [-0.3, -0.25) is 0 Å². The number of rotatable bonds is 5. The fraction of sp³-hybridized carbons (Fsp3) is 0.158. The van der Waals surface area contributed by atoms with E-state index in [-0.39, 0.29) is 11.6 Å². The van der Waals surface area contributed by atoms with Crippen molar-refractivity contribution in [2.45, 2.75) is 0 Å². The lowest BCUT2D eigenvalue weighted by Crippen LogP contribution is -2.07. The van der Waals surface area contributed by atoms with Crippen LogP contribution in [0.3, 0.4) is 0 Å². The normalized spacial score (nSPS) is 9.46. The van der Waals surface area contributed by atoms with Gasteiger partial charge in [-0.15, -0.1) is 10.2 Å². The molecule has 2 aromatic carbocycles. The van der Waals surface area contributed by atoms with Gasteiger partial charge in [-0.1, -0.05) is 11.6 Å². The number of nitrogens with one attached hydrogen (secondary N) is 1. The molecule has 2 N–H and O–H groups in total. The maximum absolute atomic E-state index is 8.75. The van der Waals surface area contributed by atoms with Crippen molar-refractivity contribution in [3.63, 3.8) is 0 Å². The summed E-state index contributed by atoms with van der Waals surface area (Å²) in [6, 6.07) is 14.2. The van der Waals surface area contributed by atoms with Crippen LogP contribution in [-0.4, -0.2) is 35.6 Å². The van der Waals surface area contributed by atoms with E-state index in [0.717, 1.165) is 5.56 Å². The number of benzene rings is 2. The lowest BCUT2D eigenvalue weighted by Gasteiger charge is -2.12. The summed E-state index contributed by atoms with van der Waals surface area (Å²) in [5.74, 6) is 0.883. The Kier molecular flexibility index (Phi) is 7.79. The zero-order valence-electron chi connectivity index (χ0n) is 14.9. The molecule has 0 aliphatic rings. The van der Waals surface area contributed by atoms with Gasteiger partial charge in [-0.25, -0.2) is 0 Å². The minimum Gasteiger partial charge on any atom is -0.493 e. The topological polar surface area (TPSA) is 128 Å². The summed E-state index contributed by atoms with van der Waals surface area (Å²) in [5.41, 5.74) is 2.46. The smallest absolute Gasteiger partial charge is 0.247 e. The molecule has 3 rings (SSSR count). The predicted octanol–water partition coefficient (Wildman–Crippen LogP) is 3.23. The lowest BCUT2D eigenvalue weighted by atomic mass is 10.1. The van der Waals surface area contributed by atoms with Crippen LogP contribution in [0.4, 0.5) is 5.69 Å². The number of hydrogen-bond acceptors (Lipinski definition) is 8. The van der Waals surface area contributed by atoms with Crippen molar-refractivity contribution in [3.8, 4) is 29.3 Å². The zero-order valence-corrected chi connectivity index (χ0v) is 15.6. The van der Waals surface area contributed by atoms with Gasteiger partial charge in [0.2, 0.25) is 12.3 Å². The van der Waals surface area contributed by atoms with Crippen molar-refractivity contribution < 1.29 is 14.3 Å². The van der Waals surface area contributed by atoms with Gasteiger partial charge < -0.3 is 19.6 Å². The number of nitriles is 2. The molecule has 0 spiro atoms. The summed E-state index contributed by atoms with van der Waals surface area (Å²) >= 11 is 5.94. The molecule has 0 saturated carbocycles. The largest absolute Gasteiger partial charge is 0.493 e.